The zero-order chi connectivity index (χ0) is 17.9. The lowest BCUT2D eigenvalue weighted by atomic mass is 10.1. The SMILES string of the molecule is O=C(N[C@H](c1ccccn1)C(F)(F)F)c1cn[nH]c1-c1ccccc1. The maximum atomic E-state index is 13.4. The minimum Gasteiger partial charge on any atom is -0.335 e. The second-order valence-corrected chi connectivity index (χ2v) is 5.23. The predicted octanol–water partition coefficient (Wildman–Crippen LogP) is 3.51. The molecular weight excluding hydrogens is 333 g/mol. The number of benzene rings is 1. The molecule has 0 unspecified atom stereocenters. The van der Waals surface area contributed by atoms with Crippen LogP contribution in [-0.2, 0) is 0 Å². The van der Waals surface area contributed by atoms with Crippen LogP contribution in [0.25, 0.3) is 11.3 Å². The lowest BCUT2D eigenvalue weighted by Crippen LogP contribution is -2.38. The highest BCUT2D eigenvalue weighted by Crippen LogP contribution is 2.32. The van der Waals surface area contributed by atoms with Gasteiger partial charge in [-0.3, -0.25) is 14.9 Å². The minimum atomic E-state index is -4.68. The van der Waals surface area contributed by atoms with Crippen LogP contribution in [0.2, 0.25) is 0 Å². The van der Waals surface area contributed by atoms with Gasteiger partial charge in [0, 0.05) is 11.8 Å². The molecule has 0 aliphatic rings. The van der Waals surface area contributed by atoms with E-state index in [4.69, 9.17) is 0 Å². The van der Waals surface area contributed by atoms with E-state index < -0.39 is 18.1 Å². The lowest BCUT2D eigenvalue weighted by molar-refractivity contribution is -0.156. The molecule has 3 rings (SSSR count). The molecule has 1 aromatic carbocycles. The van der Waals surface area contributed by atoms with Crippen LogP contribution in [0.1, 0.15) is 22.1 Å². The van der Waals surface area contributed by atoms with Crippen molar-refractivity contribution in [1.82, 2.24) is 20.5 Å². The maximum Gasteiger partial charge on any atom is 0.414 e. The molecule has 128 valence electrons. The van der Waals surface area contributed by atoms with Gasteiger partial charge < -0.3 is 5.32 Å². The number of nitrogens with zero attached hydrogens (tertiary/aromatic N) is 2. The van der Waals surface area contributed by atoms with Crippen molar-refractivity contribution >= 4 is 5.91 Å². The smallest absolute Gasteiger partial charge is 0.335 e. The molecule has 2 aromatic heterocycles. The third-order valence-electron chi connectivity index (χ3n) is 3.53. The Bertz CT molecular complexity index is 847. The van der Waals surface area contributed by atoms with Gasteiger partial charge in [-0.1, -0.05) is 36.4 Å². The van der Waals surface area contributed by atoms with E-state index >= 15 is 0 Å². The zero-order valence-corrected chi connectivity index (χ0v) is 12.8. The molecule has 2 heterocycles. The first-order chi connectivity index (χ1) is 12.0. The molecule has 1 amide bonds. The number of hydrogen-bond donors (Lipinski definition) is 2. The molecule has 0 saturated carbocycles. The fourth-order valence-electron chi connectivity index (χ4n) is 2.36. The van der Waals surface area contributed by atoms with E-state index in [0.29, 0.717) is 11.3 Å². The number of rotatable bonds is 4. The molecule has 0 aliphatic heterocycles. The predicted molar refractivity (Wildman–Crippen MR) is 84.5 cm³/mol. The monoisotopic (exact) mass is 346 g/mol. The number of pyridine rings is 1. The van der Waals surface area contributed by atoms with Gasteiger partial charge in [-0.05, 0) is 12.1 Å². The van der Waals surface area contributed by atoms with E-state index in [2.05, 4.69) is 15.2 Å². The number of aromatic amines is 1. The highest BCUT2D eigenvalue weighted by Gasteiger charge is 2.43. The van der Waals surface area contributed by atoms with Crippen molar-refractivity contribution in [2.24, 2.45) is 0 Å². The Balaban J connectivity index is 1.90. The standard InChI is InChI=1S/C17H13F3N4O/c18-17(19,20)15(13-8-4-5-9-21-13)23-16(25)12-10-22-24-14(12)11-6-2-1-3-7-11/h1-10,15H,(H,22,24)(H,23,25)/t15-/m1/s1. The van der Waals surface area contributed by atoms with Crippen LogP contribution >= 0.6 is 0 Å². The minimum absolute atomic E-state index is 0.0244. The summed E-state index contributed by atoms with van der Waals surface area (Å²) in [6.07, 6.45) is -2.24. The van der Waals surface area contributed by atoms with Crippen molar-refractivity contribution in [3.05, 3.63) is 72.2 Å². The highest BCUT2D eigenvalue weighted by atomic mass is 19.4. The van der Waals surface area contributed by atoms with Crippen LogP contribution in [-0.4, -0.2) is 27.3 Å². The molecule has 0 radical (unpaired) electrons. The van der Waals surface area contributed by atoms with Crippen molar-refractivity contribution < 1.29 is 18.0 Å². The van der Waals surface area contributed by atoms with Crippen LogP contribution in [0.4, 0.5) is 13.2 Å². The second-order valence-electron chi connectivity index (χ2n) is 5.23. The second kappa shape index (κ2) is 6.76. The number of H-pyrrole nitrogens is 1. The van der Waals surface area contributed by atoms with Crippen molar-refractivity contribution in [3.8, 4) is 11.3 Å². The Labute approximate surface area is 140 Å². The fraction of sp³-hybridized carbons (Fsp3) is 0.118. The van der Waals surface area contributed by atoms with E-state index in [0.717, 1.165) is 0 Å². The summed E-state index contributed by atoms with van der Waals surface area (Å²) >= 11 is 0. The first-order valence-corrected chi connectivity index (χ1v) is 7.34. The van der Waals surface area contributed by atoms with E-state index in [9.17, 15) is 18.0 Å². The summed E-state index contributed by atoms with van der Waals surface area (Å²) in [5.41, 5.74) is 0.732. The number of alkyl halides is 3. The topological polar surface area (TPSA) is 70.7 Å². The van der Waals surface area contributed by atoms with E-state index in [-0.39, 0.29) is 11.3 Å². The summed E-state index contributed by atoms with van der Waals surface area (Å²) < 4.78 is 40.1. The van der Waals surface area contributed by atoms with Gasteiger partial charge in [0.1, 0.15) is 0 Å². The average Bonchev–Trinajstić information content (AvgIpc) is 3.10. The summed E-state index contributed by atoms with van der Waals surface area (Å²) in [6, 6.07) is 10.7. The van der Waals surface area contributed by atoms with Gasteiger partial charge in [0.2, 0.25) is 0 Å². The normalized spacial score (nSPS) is 12.6. The van der Waals surface area contributed by atoms with Gasteiger partial charge in [-0.2, -0.15) is 18.3 Å². The van der Waals surface area contributed by atoms with Crippen molar-refractivity contribution in [2.45, 2.75) is 12.2 Å². The summed E-state index contributed by atoms with van der Waals surface area (Å²) in [6.45, 7) is 0. The first-order valence-electron chi connectivity index (χ1n) is 7.34. The highest BCUT2D eigenvalue weighted by molar-refractivity contribution is 5.99. The molecular formula is C17H13F3N4O. The zero-order valence-electron chi connectivity index (χ0n) is 12.8. The average molecular weight is 346 g/mol. The Morgan fingerprint density at radius 3 is 2.44 bits per heavy atom. The summed E-state index contributed by atoms with van der Waals surface area (Å²) in [7, 11) is 0. The molecule has 0 bridgehead atoms. The van der Waals surface area contributed by atoms with Crippen LogP contribution < -0.4 is 5.32 Å². The van der Waals surface area contributed by atoms with Crippen LogP contribution in [0.3, 0.4) is 0 Å². The number of amides is 1. The Morgan fingerprint density at radius 1 is 1.08 bits per heavy atom. The lowest BCUT2D eigenvalue weighted by Gasteiger charge is -2.21. The number of halogens is 3. The molecule has 5 nitrogen and oxygen atoms in total. The molecule has 8 heteroatoms. The largest absolute Gasteiger partial charge is 0.414 e. The van der Waals surface area contributed by atoms with E-state index in [1.54, 1.807) is 30.3 Å². The van der Waals surface area contributed by atoms with Gasteiger partial charge in [0.25, 0.3) is 5.91 Å². The molecule has 0 saturated heterocycles. The summed E-state index contributed by atoms with van der Waals surface area (Å²) in [5, 5.41) is 8.43. The van der Waals surface area contributed by atoms with E-state index in [1.807, 2.05) is 5.32 Å². The van der Waals surface area contributed by atoms with Crippen LogP contribution in [0, 0.1) is 0 Å². The van der Waals surface area contributed by atoms with Crippen molar-refractivity contribution in [3.63, 3.8) is 0 Å². The maximum absolute atomic E-state index is 13.4. The molecule has 0 fully saturated rings. The Morgan fingerprint density at radius 2 is 1.80 bits per heavy atom. The molecule has 3 aromatic rings. The number of aromatic nitrogens is 3. The number of carbonyl (C=O) groups is 1. The molecule has 0 aliphatic carbocycles. The summed E-state index contributed by atoms with van der Waals surface area (Å²) in [5.74, 6) is -0.888. The van der Waals surface area contributed by atoms with E-state index in [1.165, 1.54) is 30.6 Å². The van der Waals surface area contributed by atoms with Crippen molar-refractivity contribution in [2.75, 3.05) is 0 Å². The van der Waals surface area contributed by atoms with Gasteiger partial charge in [0.05, 0.1) is 23.1 Å². The molecule has 2 N–H and O–H groups in total. The van der Waals surface area contributed by atoms with Gasteiger partial charge >= 0.3 is 6.18 Å². The quantitative estimate of drug-likeness (QED) is 0.759. The molecule has 1 atom stereocenters. The number of hydrogen-bond acceptors (Lipinski definition) is 3. The van der Waals surface area contributed by atoms with Crippen LogP contribution in [0.15, 0.2) is 60.9 Å². The third-order valence-corrected chi connectivity index (χ3v) is 3.53. The Hall–Kier alpha value is -3.16. The summed E-state index contributed by atoms with van der Waals surface area (Å²) in [4.78, 5) is 16.1. The number of carbonyl (C=O) groups excluding carboxylic acids is 1. The van der Waals surface area contributed by atoms with Gasteiger partial charge in [0.15, 0.2) is 6.04 Å². The fourth-order valence-corrected chi connectivity index (χ4v) is 2.36. The van der Waals surface area contributed by atoms with Gasteiger partial charge in [-0.25, -0.2) is 0 Å². The molecule has 0 spiro atoms. The number of nitrogens with one attached hydrogen (secondary N) is 2. The molecule has 25 heavy (non-hydrogen) atoms. The van der Waals surface area contributed by atoms with Crippen LogP contribution in [0.5, 0.6) is 0 Å². The van der Waals surface area contributed by atoms with Crippen molar-refractivity contribution in [1.29, 1.82) is 0 Å². The van der Waals surface area contributed by atoms with Gasteiger partial charge in [-0.15, -0.1) is 0 Å². The third kappa shape index (κ3) is 3.68. The first kappa shape index (κ1) is 16.7. The Kier molecular flexibility index (Phi) is 4.51.